The first kappa shape index (κ1) is 27.3. The van der Waals surface area contributed by atoms with Gasteiger partial charge in [0.05, 0.1) is 18.7 Å². The fourth-order valence-electron chi connectivity index (χ4n) is 5.73. The van der Waals surface area contributed by atoms with Crippen LogP contribution in [0.1, 0.15) is 120 Å². The number of hydrogen-bond donors (Lipinski definition) is 0. The third-order valence-corrected chi connectivity index (χ3v) is 7.92. The van der Waals surface area contributed by atoms with Crippen LogP contribution in [0.15, 0.2) is 30.3 Å². The lowest BCUT2D eigenvalue weighted by Crippen LogP contribution is -2.13. The van der Waals surface area contributed by atoms with Gasteiger partial charge in [-0.1, -0.05) is 89.5 Å². The summed E-state index contributed by atoms with van der Waals surface area (Å²) in [7, 11) is 1.52. The second kappa shape index (κ2) is 14.3. The Morgan fingerprint density at radius 2 is 1.57 bits per heavy atom. The number of rotatable bonds is 13. The molecule has 1 aliphatic rings. The first-order valence-corrected chi connectivity index (χ1v) is 14.0. The number of unbranched alkanes of at least 4 members (excludes halogenated alkanes) is 6. The minimum atomic E-state index is -0.283. The van der Waals surface area contributed by atoms with E-state index >= 15 is 4.39 Å². The van der Waals surface area contributed by atoms with Crippen molar-refractivity contribution in [1.29, 1.82) is 5.26 Å². The van der Waals surface area contributed by atoms with E-state index < -0.39 is 0 Å². The fraction of sp³-hybridized carbons (Fsp3) is 0.594. The molecule has 2 nitrogen and oxygen atoms in total. The summed E-state index contributed by atoms with van der Waals surface area (Å²) in [5.74, 6) is 1.36. The van der Waals surface area contributed by atoms with Crippen LogP contribution in [0.3, 0.4) is 0 Å². The van der Waals surface area contributed by atoms with Gasteiger partial charge in [0.2, 0.25) is 0 Å². The van der Waals surface area contributed by atoms with Crippen molar-refractivity contribution < 1.29 is 9.13 Å². The van der Waals surface area contributed by atoms with Gasteiger partial charge in [0.15, 0.2) is 11.6 Å². The Morgan fingerprint density at radius 3 is 2.26 bits per heavy atom. The number of nitriles is 1. The average molecular weight is 478 g/mol. The van der Waals surface area contributed by atoms with E-state index in [1.54, 1.807) is 0 Å². The third kappa shape index (κ3) is 7.33. The highest BCUT2D eigenvalue weighted by Crippen LogP contribution is 2.41. The Hall–Kier alpha value is -2.34. The maximum atomic E-state index is 15.3. The molecule has 0 unspecified atom stereocenters. The molecule has 3 rings (SSSR count). The molecule has 2 aromatic rings. The number of nitrogens with zero attached hydrogens (tertiary/aromatic N) is 1. The van der Waals surface area contributed by atoms with Crippen LogP contribution in [0, 0.1) is 23.1 Å². The van der Waals surface area contributed by atoms with Gasteiger partial charge in [0.1, 0.15) is 0 Å². The summed E-state index contributed by atoms with van der Waals surface area (Å²) in [5, 5.41) is 9.95. The van der Waals surface area contributed by atoms with Crippen molar-refractivity contribution in [3.05, 3.63) is 52.8 Å². The van der Waals surface area contributed by atoms with Crippen LogP contribution in [0.4, 0.5) is 4.39 Å². The molecule has 0 atom stereocenters. The zero-order valence-electron chi connectivity index (χ0n) is 22.2. The topological polar surface area (TPSA) is 33.0 Å². The van der Waals surface area contributed by atoms with Crippen LogP contribution in [-0.4, -0.2) is 7.11 Å². The predicted octanol–water partition coefficient (Wildman–Crippen LogP) is 9.74. The number of halogens is 1. The van der Waals surface area contributed by atoms with Crippen molar-refractivity contribution in [3.8, 4) is 22.9 Å². The van der Waals surface area contributed by atoms with Crippen molar-refractivity contribution in [3.63, 3.8) is 0 Å². The van der Waals surface area contributed by atoms with E-state index in [0.29, 0.717) is 22.6 Å². The molecule has 2 aromatic carbocycles. The van der Waals surface area contributed by atoms with E-state index in [-0.39, 0.29) is 11.6 Å². The molecule has 190 valence electrons. The molecule has 0 radical (unpaired) electrons. The lowest BCUT2D eigenvalue weighted by molar-refractivity contribution is 0.303. The van der Waals surface area contributed by atoms with E-state index in [1.165, 1.54) is 83.3 Å². The molecule has 0 bridgehead atoms. The predicted molar refractivity (Wildman–Crippen MR) is 144 cm³/mol. The number of ether oxygens (including phenoxy) is 1. The number of aryl methyl sites for hydroxylation is 1. The van der Waals surface area contributed by atoms with Gasteiger partial charge < -0.3 is 4.74 Å². The van der Waals surface area contributed by atoms with E-state index in [2.05, 4.69) is 26.0 Å². The highest BCUT2D eigenvalue weighted by atomic mass is 19.1. The summed E-state index contributed by atoms with van der Waals surface area (Å²) in [6.07, 6.45) is 16.8. The molecule has 1 saturated carbocycles. The molecule has 0 spiro atoms. The molecule has 0 N–H and O–H groups in total. The van der Waals surface area contributed by atoms with Gasteiger partial charge in [-0.15, -0.1) is 0 Å². The maximum Gasteiger partial charge on any atom is 0.168 e. The van der Waals surface area contributed by atoms with Crippen molar-refractivity contribution in [2.45, 2.75) is 110 Å². The van der Waals surface area contributed by atoms with E-state index in [0.717, 1.165) is 30.7 Å². The standard InChI is InChI=1S/C32H44FNO/c1-4-6-8-9-11-13-26-18-21-30(32(35-3)31(26)33)29-20-19-27(22-28(29)23-34)25-16-14-24(15-17-25)12-10-7-5-2/h18-22,24-25H,4-17H2,1-3H3. The Bertz CT molecular complexity index is 968. The van der Waals surface area contributed by atoms with E-state index in [9.17, 15) is 5.26 Å². The van der Waals surface area contributed by atoms with Crippen LogP contribution in [0.25, 0.3) is 11.1 Å². The Morgan fingerprint density at radius 1 is 0.886 bits per heavy atom. The highest BCUT2D eigenvalue weighted by molar-refractivity contribution is 5.77. The number of benzene rings is 2. The normalized spacial score (nSPS) is 17.8. The minimum Gasteiger partial charge on any atom is -0.493 e. The molecule has 0 saturated heterocycles. The van der Waals surface area contributed by atoms with Crippen molar-refractivity contribution in [2.75, 3.05) is 7.11 Å². The van der Waals surface area contributed by atoms with Gasteiger partial charge in [-0.3, -0.25) is 0 Å². The van der Waals surface area contributed by atoms with Gasteiger partial charge in [-0.05, 0) is 67.6 Å². The van der Waals surface area contributed by atoms with Crippen LogP contribution >= 0.6 is 0 Å². The number of methoxy groups -OCH3 is 1. The molecule has 3 heteroatoms. The minimum absolute atomic E-state index is 0.257. The van der Waals surface area contributed by atoms with Gasteiger partial charge in [0, 0.05) is 11.1 Å². The van der Waals surface area contributed by atoms with Crippen LogP contribution in [0.2, 0.25) is 0 Å². The zero-order chi connectivity index (χ0) is 25.0. The largest absolute Gasteiger partial charge is 0.493 e. The summed E-state index contributed by atoms with van der Waals surface area (Å²) >= 11 is 0. The lowest BCUT2D eigenvalue weighted by Gasteiger charge is -2.29. The maximum absolute atomic E-state index is 15.3. The first-order chi connectivity index (χ1) is 17.1. The van der Waals surface area contributed by atoms with Crippen molar-refractivity contribution in [1.82, 2.24) is 0 Å². The zero-order valence-corrected chi connectivity index (χ0v) is 22.2. The van der Waals surface area contributed by atoms with Crippen LogP contribution in [0.5, 0.6) is 5.75 Å². The number of hydrogen-bond acceptors (Lipinski definition) is 2. The molecule has 35 heavy (non-hydrogen) atoms. The molecule has 0 aliphatic heterocycles. The highest BCUT2D eigenvalue weighted by Gasteiger charge is 2.24. The Balaban J connectivity index is 1.73. The van der Waals surface area contributed by atoms with Gasteiger partial charge in [-0.2, -0.15) is 5.26 Å². The van der Waals surface area contributed by atoms with Gasteiger partial charge in [0.25, 0.3) is 0 Å². The van der Waals surface area contributed by atoms with Crippen LogP contribution in [-0.2, 0) is 6.42 Å². The lowest BCUT2D eigenvalue weighted by atomic mass is 9.76. The van der Waals surface area contributed by atoms with Gasteiger partial charge in [-0.25, -0.2) is 4.39 Å². The summed E-state index contributed by atoms with van der Waals surface area (Å²) in [6.45, 7) is 4.46. The van der Waals surface area contributed by atoms with Crippen LogP contribution < -0.4 is 4.74 Å². The smallest absolute Gasteiger partial charge is 0.168 e. The fourth-order valence-corrected chi connectivity index (χ4v) is 5.73. The molecule has 1 fully saturated rings. The van der Waals surface area contributed by atoms with Crippen molar-refractivity contribution >= 4 is 0 Å². The molecule has 0 heterocycles. The summed E-state index contributed by atoms with van der Waals surface area (Å²) in [6, 6.07) is 12.4. The SMILES string of the molecule is CCCCCCCc1ccc(-c2ccc(C3CCC(CCCCC)CC3)cc2C#N)c(OC)c1F. The monoisotopic (exact) mass is 477 g/mol. The van der Waals surface area contributed by atoms with E-state index in [1.807, 2.05) is 24.3 Å². The third-order valence-electron chi connectivity index (χ3n) is 7.92. The second-order valence-corrected chi connectivity index (χ2v) is 10.4. The molecular formula is C32H44FNO. The molecule has 0 aromatic heterocycles. The first-order valence-electron chi connectivity index (χ1n) is 14.0. The summed E-state index contributed by atoms with van der Waals surface area (Å²) in [4.78, 5) is 0. The average Bonchev–Trinajstić information content (AvgIpc) is 2.89. The Labute approximate surface area is 212 Å². The van der Waals surface area contributed by atoms with Gasteiger partial charge >= 0.3 is 0 Å². The summed E-state index contributed by atoms with van der Waals surface area (Å²) in [5.41, 5.74) is 3.99. The quantitative estimate of drug-likeness (QED) is 0.269. The molecular weight excluding hydrogens is 433 g/mol. The van der Waals surface area contributed by atoms with Crippen molar-refractivity contribution in [2.24, 2.45) is 5.92 Å². The van der Waals surface area contributed by atoms with E-state index in [4.69, 9.17) is 4.74 Å². The summed E-state index contributed by atoms with van der Waals surface area (Å²) < 4.78 is 20.9. The Kier molecular flexibility index (Phi) is 11.1. The molecule has 0 amide bonds. The molecule has 1 aliphatic carbocycles. The second-order valence-electron chi connectivity index (χ2n) is 10.4.